The van der Waals surface area contributed by atoms with Gasteiger partial charge >= 0.3 is 15.6 Å². The lowest BCUT2D eigenvalue weighted by atomic mass is 10.1. The maximum absolute atomic E-state index is 13.4. The summed E-state index contributed by atoms with van der Waals surface area (Å²) in [4.78, 5) is 91.9. The van der Waals surface area contributed by atoms with E-state index >= 15 is 0 Å². The second-order valence-electron chi connectivity index (χ2n) is 20.8. The first-order chi connectivity index (χ1) is 42.6. The van der Waals surface area contributed by atoms with E-state index in [9.17, 15) is 58.1 Å². The van der Waals surface area contributed by atoms with Gasteiger partial charge in [0.25, 0.3) is 11.1 Å². The number of fused-ring (bicyclic) bond motifs is 10. The average Bonchev–Trinajstić information content (AvgIpc) is 1.65. The number of aromatic amines is 2. The predicted octanol–water partition coefficient (Wildman–Crippen LogP) is -2.88. The van der Waals surface area contributed by atoms with E-state index in [1.165, 1.54) is 70.1 Å². The van der Waals surface area contributed by atoms with Gasteiger partial charge in [0.05, 0.1) is 66.7 Å². The Morgan fingerprint density at radius 3 is 1.27 bits per heavy atom. The fourth-order valence-corrected chi connectivity index (χ4v) is 14.7. The monoisotopic (exact) mass is 1330 g/mol. The highest BCUT2D eigenvalue weighted by Crippen LogP contribution is 2.56. The van der Waals surface area contributed by atoms with Gasteiger partial charge in [-0.2, -0.15) is 0 Å². The van der Waals surface area contributed by atoms with Crippen molar-refractivity contribution in [3.05, 3.63) is 70.3 Å². The lowest BCUT2D eigenvalue weighted by Gasteiger charge is -2.34. The molecular formula is C42H48B2N18O24P4-2. The third kappa shape index (κ3) is 11.7. The van der Waals surface area contributed by atoms with Gasteiger partial charge in [0, 0.05) is 0 Å². The van der Waals surface area contributed by atoms with Crippen LogP contribution in [0.4, 0.5) is 11.6 Å². The first-order valence-corrected chi connectivity index (χ1v) is 32.7. The molecule has 6 saturated heterocycles. The number of H-pyrrole nitrogens is 2. The number of hydrogen-bond acceptors (Lipinski definition) is 34. The first-order valence-electron chi connectivity index (χ1n) is 26.5. The third-order valence-electron chi connectivity index (χ3n) is 14.9. The Labute approximate surface area is 502 Å². The number of aromatic nitrogens is 16. The molecule has 0 aliphatic carbocycles. The molecule has 4 bridgehead atoms. The predicted molar refractivity (Wildman–Crippen MR) is 295 cm³/mol. The summed E-state index contributed by atoms with van der Waals surface area (Å²) in [7, 11) is -7.43. The summed E-state index contributed by atoms with van der Waals surface area (Å²) >= 11 is 0. The zero-order valence-corrected chi connectivity index (χ0v) is 49.5. The van der Waals surface area contributed by atoms with Gasteiger partial charge in [-0.15, -0.1) is 0 Å². The van der Waals surface area contributed by atoms with E-state index in [0.717, 1.165) is 0 Å². The number of imidazole rings is 4. The van der Waals surface area contributed by atoms with Gasteiger partial charge in [-0.3, -0.25) is 46.0 Å². The largest absolute Gasteiger partial charge is 0.472 e. The zero-order chi connectivity index (χ0) is 63.7. The Morgan fingerprint density at radius 2 is 0.811 bits per heavy atom. The van der Waals surface area contributed by atoms with Gasteiger partial charge in [0.15, 0.2) is 70.2 Å². The Hall–Kier alpha value is -6.27. The maximum Gasteiger partial charge on any atom is 0.472 e. The summed E-state index contributed by atoms with van der Waals surface area (Å²) < 4.78 is 125. The number of phosphoric acid groups is 2. The van der Waals surface area contributed by atoms with Crippen LogP contribution >= 0.6 is 30.6 Å². The number of aryl methyl sites for hydroxylation is 2. The van der Waals surface area contributed by atoms with Crippen molar-refractivity contribution in [2.75, 3.05) is 37.9 Å². The van der Waals surface area contributed by atoms with Crippen molar-refractivity contribution in [1.29, 1.82) is 0 Å². The van der Waals surface area contributed by atoms with E-state index in [1.54, 1.807) is 0 Å². The highest BCUT2D eigenvalue weighted by Gasteiger charge is 2.55. The summed E-state index contributed by atoms with van der Waals surface area (Å²) in [6, 6.07) is 0. The molecule has 8 aromatic rings. The lowest BCUT2D eigenvalue weighted by molar-refractivity contribution is -0.0637. The molecule has 6 aliphatic rings. The molecule has 12 N–H and O–H groups in total. The van der Waals surface area contributed by atoms with Crippen molar-refractivity contribution in [2.24, 2.45) is 0 Å². The highest BCUT2D eigenvalue weighted by atomic mass is 31.2. The number of aliphatic hydroxyl groups excluding tert-OH is 4. The molecule has 0 amide bonds. The van der Waals surface area contributed by atoms with E-state index in [0.29, 0.717) is 0 Å². The number of aliphatic hydroxyl groups is 4. The van der Waals surface area contributed by atoms with Crippen LogP contribution in [0.2, 0.25) is 0 Å². The Morgan fingerprint density at radius 1 is 0.467 bits per heavy atom. The van der Waals surface area contributed by atoms with Crippen LogP contribution in [0.25, 0.3) is 44.7 Å². The van der Waals surface area contributed by atoms with Gasteiger partial charge in [0.2, 0.25) is 0 Å². The van der Waals surface area contributed by atoms with Crippen LogP contribution in [0.3, 0.4) is 0 Å². The third-order valence-corrected chi connectivity index (χ3v) is 19.0. The topological polar surface area (TPSA) is 567 Å². The zero-order valence-electron chi connectivity index (χ0n) is 45.9. The van der Waals surface area contributed by atoms with Crippen molar-refractivity contribution in [1.82, 2.24) is 78.1 Å². The Bertz CT molecular complexity index is 4150. The van der Waals surface area contributed by atoms with Crippen molar-refractivity contribution in [3.63, 3.8) is 0 Å². The van der Waals surface area contributed by atoms with E-state index in [1.807, 2.05) is 0 Å². The molecule has 8 aromatic heterocycles. The van der Waals surface area contributed by atoms with Gasteiger partial charge in [-0.05, 0) is 13.8 Å². The second-order valence-corrected chi connectivity index (χ2v) is 26.7. The van der Waals surface area contributed by atoms with Crippen LogP contribution in [-0.4, -0.2) is 223 Å². The SMILES string of the molecule is [B-]P1(=O)OC[C@H]2O[C@@H](n3cnc4c(=O)[nH]c(C)nc43)[C@@H](OP(=O)(O)OC[C@H]3O[C@@H](n4cnc5c(N)ncnc54)C(O)[C@H]3O1)C2O.[B-]P1(=O)OC[C@H]2O[C@@H](n3cnc4c(N)ncnc43)C(O)[C@H]2OP(=O)(O)OC[C@H]2O[C@@H](n3cnc4c(=O)[nH]c(C)nc43)[C@@H](O1)C2O. The van der Waals surface area contributed by atoms with Crippen LogP contribution < -0.4 is 22.6 Å². The van der Waals surface area contributed by atoms with Gasteiger partial charge < -0.3 is 113 Å². The van der Waals surface area contributed by atoms with Gasteiger partial charge in [-0.1, -0.05) is 0 Å². The van der Waals surface area contributed by atoms with Crippen LogP contribution in [0.15, 0.2) is 47.6 Å². The summed E-state index contributed by atoms with van der Waals surface area (Å²) in [5.74, 6) is 0.590. The molecule has 48 heteroatoms. The molecule has 20 atom stereocenters. The molecule has 14 rings (SSSR count). The minimum absolute atomic E-state index is 0.0209. The standard InChI is InChI=1S/2C21H24BN9O12P2/c1-7-28-18-11(19(34)29-7)27-6-31(18)21-15-12(32)8(40-21)2-39-45(36,37)43-14-9(3-38-44(22,35)42-15)41-20(13(14)33)30-5-26-10-16(23)24-4-25-17(10)30;1-7-28-18-11(19(34)29-7)27-6-31(18)21-15-12(32)8(40-21)2-38-44(22,35)42-14-9(3-39-45(36,37)43-15)41-20(13(14)33)30-5-26-10-16(23)24-4-25-17(10)30/h2*4-6,8-9,12-15,20-21,32-33H,2-3H2,1H3,(H,36,37)(H2,23,24,25)(H,28,29,34)/q2*-1/t2*8-,9-,12?,13?,14+,15+,20-,21-,44?/m11/s1. The number of phosphoric ester groups is 2. The van der Waals surface area contributed by atoms with Gasteiger partial charge in [0.1, 0.15) is 109 Å². The Kier molecular flexibility index (Phi) is 16.2. The molecule has 6 fully saturated rings. The second kappa shape index (κ2) is 23.4. The Balaban J connectivity index is 0.000000165. The minimum atomic E-state index is -5.06. The van der Waals surface area contributed by atoms with Crippen LogP contribution in [0, 0.1) is 13.8 Å². The van der Waals surface area contributed by atoms with E-state index in [2.05, 4.69) is 59.8 Å². The van der Waals surface area contributed by atoms with E-state index < -0.39 is 166 Å². The lowest BCUT2D eigenvalue weighted by Crippen LogP contribution is -2.36. The highest BCUT2D eigenvalue weighted by molar-refractivity contribution is 7.79. The van der Waals surface area contributed by atoms with Crippen molar-refractivity contribution < 1.29 is 104 Å². The maximum atomic E-state index is 13.4. The minimum Gasteiger partial charge on any atom is -0.444 e. The molecule has 14 heterocycles. The molecule has 478 valence electrons. The molecule has 0 saturated carbocycles. The quantitative estimate of drug-likeness (QED) is 0.0625. The fraction of sp³-hybridized carbons (Fsp3) is 0.524. The smallest absolute Gasteiger partial charge is 0.444 e. The van der Waals surface area contributed by atoms with E-state index in [-0.39, 0.29) is 67.9 Å². The molecule has 90 heavy (non-hydrogen) atoms. The summed E-state index contributed by atoms with van der Waals surface area (Å²) in [6.45, 7) is 0.182. The summed E-state index contributed by atoms with van der Waals surface area (Å²) in [5.41, 5.74) is 11.3. The number of rotatable bonds is 4. The van der Waals surface area contributed by atoms with Crippen molar-refractivity contribution in [3.8, 4) is 0 Å². The molecular weight excluding hydrogens is 1290 g/mol. The average molecular weight is 1330 g/mol. The van der Waals surface area contributed by atoms with Crippen molar-refractivity contribution >= 4 is 102 Å². The van der Waals surface area contributed by atoms with Crippen molar-refractivity contribution in [2.45, 2.75) is 112 Å². The molecule has 0 spiro atoms. The van der Waals surface area contributed by atoms with Crippen LogP contribution in [0.5, 0.6) is 0 Å². The molecule has 6 aliphatic heterocycles. The first kappa shape index (κ1) is 62.5. The van der Waals surface area contributed by atoms with Crippen LogP contribution in [0.1, 0.15) is 36.6 Å². The summed E-state index contributed by atoms with van der Waals surface area (Å²) in [5, 5.41) is 44.5. The molecule has 0 aromatic carbocycles. The number of nitrogens with zero attached hydrogens (tertiary/aromatic N) is 14. The van der Waals surface area contributed by atoms with Crippen LogP contribution in [-0.2, 0) is 73.4 Å². The normalized spacial score (nSPS) is 37.7. The number of nitrogen functional groups attached to an aromatic ring is 2. The van der Waals surface area contributed by atoms with E-state index in [4.69, 9.17) is 81.7 Å². The number of hydrogen-bond donors (Lipinski definition) is 10. The number of nitrogens with two attached hydrogens (primary N) is 2. The number of ether oxygens (including phenoxy) is 4. The fourth-order valence-electron chi connectivity index (χ4n) is 10.8. The molecule has 6 radical (unpaired) electrons. The molecule has 42 nitrogen and oxygen atoms in total. The summed E-state index contributed by atoms with van der Waals surface area (Å²) in [6.07, 6.45) is -16.6. The molecule has 8 unspecified atom stereocenters. The number of anilines is 2. The number of nitrogens with one attached hydrogen (secondary N) is 2. The van der Waals surface area contributed by atoms with Gasteiger partial charge in [-0.25, -0.2) is 59.0 Å².